The Bertz CT molecular complexity index is 1700. The monoisotopic (exact) mass is 559 g/mol. The van der Waals surface area contributed by atoms with Crippen LogP contribution in [0.3, 0.4) is 0 Å². The maximum atomic E-state index is 12.5. The number of aromatic nitrogens is 7. The Morgan fingerprint density at radius 2 is 1.95 bits per heavy atom. The summed E-state index contributed by atoms with van der Waals surface area (Å²) in [6, 6.07) is 3.53. The number of hydrogen-bond donors (Lipinski definition) is 3. The number of anilines is 2. The normalized spacial score (nSPS) is 19.4. The molecular formula is C27H29N9O3S. The number of pyridine rings is 1. The van der Waals surface area contributed by atoms with Gasteiger partial charge in [0, 0.05) is 37.2 Å². The molecule has 2 aliphatic rings. The number of nitrogens with one attached hydrogen (secondary N) is 2. The molecule has 2 unspecified atom stereocenters. The summed E-state index contributed by atoms with van der Waals surface area (Å²) in [7, 11) is -1.63. The number of aryl methyl sites for hydroxylation is 1. The van der Waals surface area contributed by atoms with E-state index in [1.54, 1.807) is 29.3 Å². The van der Waals surface area contributed by atoms with E-state index in [1.165, 1.54) is 12.4 Å². The summed E-state index contributed by atoms with van der Waals surface area (Å²) in [6.45, 7) is 0.793. The molecule has 4 aromatic rings. The maximum absolute atomic E-state index is 12.5. The number of aliphatic hydroxyl groups excluding tert-OH is 1. The zero-order chi connectivity index (χ0) is 27.7. The van der Waals surface area contributed by atoms with Gasteiger partial charge in [-0.2, -0.15) is 14.3 Å². The average molecular weight is 560 g/mol. The van der Waals surface area contributed by atoms with Crippen LogP contribution in [0.5, 0.6) is 0 Å². The average Bonchev–Trinajstić information content (AvgIpc) is 3.61. The van der Waals surface area contributed by atoms with Crippen LogP contribution in [-0.2, 0) is 17.1 Å². The molecule has 0 amide bonds. The van der Waals surface area contributed by atoms with E-state index in [4.69, 9.17) is 0 Å². The minimum absolute atomic E-state index is 0.0977. The minimum atomic E-state index is -3.47. The van der Waals surface area contributed by atoms with Crippen molar-refractivity contribution in [1.82, 2.24) is 39.2 Å². The predicted octanol–water partition coefficient (Wildman–Crippen LogP) is 2.13. The van der Waals surface area contributed by atoms with Crippen LogP contribution < -0.4 is 10.6 Å². The summed E-state index contributed by atoms with van der Waals surface area (Å²) in [6.07, 6.45) is 12.9. The van der Waals surface area contributed by atoms with Crippen molar-refractivity contribution in [1.29, 1.82) is 0 Å². The predicted molar refractivity (Wildman–Crippen MR) is 148 cm³/mol. The fourth-order valence-electron chi connectivity index (χ4n) is 4.66. The fourth-order valence-corrected chi connectivity index (χ4v) is 6.13. The van der Waals surface area contributed by atoms with Gasteiger partial charge in [-0.05, 0) is 56.3 Å². The zero-order valence-corrected chi connectivity index (χ0v) is 22.7. The number of rotatable bonds is 6. The molecule has 1 aliphatic carbocycles. The van der Waals surface area contributed by atoms with Crippen molar-refractivity contribution in [3.63, 3.8) is 0 Å². The third kappa shape index (κ3) is 5.74. The highest BCUT2D eigenvalue weighted by Gasteiger charge is 2.37. The Labute approximate surface area is 231 Å². The molecule has 0 radical (unpaired) electrons. The summed E-state index contributed by atoms with van der Waals surface area (Å²) in [5, 5.41) is 25.1. The van der Waals surface area contributed by atoms with E-state index in [0.717, 1.165) is 40.2 Å². The summed E-state index contributed by atoms with van der Waals surface area (Å²) >= 11 is 0. The van der Waals surface area contributed by atoms with Crippen molar-refractivity contribution < 1.29 is 13.5 Å². The summed E-state index contributed by atoms with van der Waals surface area (Å²) in [5.41, 5.74) is 2.98. The van der Waals surface area contributed by atoms with Gasteiger partial charge in [-0.15, -0.1) is 0 Å². The third-order valence-corrected chi connectivity index (χ3v) is 8.94. The van der Waals surface area contributed by atoms with Crippen LogP contribution in [-0.4, -0.2) is 65.3 Å². The lowest BCUT2D eigenvalue weighted by atomic mass is 9.97. The van der Waals surface area contributed by atoms with E-state index in [0.29, 0.717) is 42.3 Å². The Hall–Kier alpha value is -4.12. The van der Waals surface area contributed by atoms with Crippen molar-refractivity contribution in [2.75, 3.05) is 11.9 Å². The molecule has 12 nitrogen and oxygen atoms in total. The maximum Gasteiger partial charge on any atom is 0.256 e. The highest BCUT2D eigenvalue weighted by atomic mass is 32.2. The number of hydrogen-bond acceptors (Lipinski definition) is 10. The van der Waals surface area contributed by atoms with Crippen molar-refractivity contribution in [3.05, 3.63) is 66.0 Å². The molecular weight excluding hydrogens is 530 g/mol. The molecule has 0 bridgehead atoms. The molecule has 40 heavy (non-hydrogen) atoms. The van der Waals surface area contributed by atoms with Crippen LogP contribution in [0.15, 0.2) is 49.3 Å². The first-order valence-electron chi connectivity index (χ1n) is 13.2. The topological polar surface area (TPSA) is 153 Å². The number of nitrogens with zero attached hydrogens (tertiary/aromatic N) is 7. The van der Waals surface area contributed by atoms with Gasteiger partial charge in [-0.25, -0.2) is 23.4 Å². The minimum Gasteiger partial charge on any atom is -0.393 e. The summed E-state index contributed by atoms with van der Waals surface area (Å²) in [5.74, 6) is 7.76. The Kier molecular flexibility index (Phi) is 7.05. The van der Waals surface area contributed by atoms with E-state index in [-0.39, 0.29) is 11.3 Å². The van der Waals surface area contributed by atoms with Gasteiger partial charge in [0.05, 0.1) is 41.1 Å². The van der Waals surface area contributed by atoms with E-state index in [9.17, 15) is 13.5 Å². The molecule has 2 atom stereocenters. The van der Waals surface area contributed by atoms with Gasteiger partial charge in [0.15, 0.2) is 5.82 Å². The molecule has 4 aromatic heterocycles. The second-order valence-electron chi connectivity index (χ2n) is 10.1. The Balaban J connectivity index is 1.28. The van der Waals surface area contributed by atoms with Gasteiger partial charge in [-0.1, -0.05) is 11.8 Å². The molecule has 2 fully saturated rings. The van der Waals surface area contributed by atoms with Crippen molar-refractivity contribution in [3.8, 4) is 23.2 Å². The molecule has 3 N–H and O–H groups in total. The fraction of sp³-hybridized carbons (Fsp3) is 0.370. The zero-order valence-electron chi connectivity index (χ0n) is 21.9. The summed E-state index contributed by atoms with van der Waals surface area (Å²) in [4.78, 5) is 13.4. The van der Waals surface area contributed by atoms with Crippen LogP contribution in [0.25, 0.3) is 11.4 Å². The molecule has 0 spiro atoms. The lowest BCUT2D eigenvalue weighted by Crippen LogP contribution is -2.23. The van der Waals surface area contributed by atoms with Crippen LogP contribution in [0.2, 0.25) is 0 Å². The van der Waals surface area contributed by atoms with Gasteiger partial charge in [0.2, 0.25) is 0 Å². The molecule has 1 saturated heterocycles. The van der Waals surface area contributed by atoms with Gasteiger partial charge in [-0.3, -0.25) is 4.68 Å². The van der Waals surface area contributed by atoms with Gasteiger partial charge in [0.1, 0.15) is 11.6 Å². The standard InChI is InChI=1S/C27H29N9O3S/c1-35-16-18(13-31-35)4-5-19-14-30-26(12-23(19)24-11-21(37)3-2-9-28-24)33-25-8-10-29-27(34-25)20-15-32-36(17-20)40(38,39)22-6-7-22/h8,10,12-17,21-22,24,28,37H,2-3,6-7,9,11H2,1H3,(H,29,30,33,34). The van der Waals surface area contributed by atoms with Crippen molar-refractivity contribution >= 4 is 21.7 Å². The molecule has 206 valence electrons. The van der Waals surface area contributed by atoms with Crippen molar-refractivity contribution in [2.24, 2.45) is 7.05 Å². The first kappa shape index (κ1) is 26.1. The van der Waals surface area contributed by atoms with E-state index >= 15 is 0 Å². The van der Waals surface area contributed by atoms with Crippen LogP contribution in [0.1, 0.15) is 54.8 Å². The smallest absolute Gasteiger partial charge is 0.256 e. The summed E-state index contributed by atoms with van der Waals surface area (Å²) < 4.78 is 27.7. The molecule has 1 aliphatic heterocycles. The van der Waals surface area contributed by atoms with Crippen LogP contribution in [0, 0.1) is 11.8 Å². The second-order valence-corrected chi connectivity index (χ2v) is 12.2. The van der Waals surface area contributed by atoms with E-state index in [1.807, 2.05) is 19.3 Å². The number of aliphatic hydroxyl groups is 1. The Morgan fingerprint density at radius 3 is 2.75 bits per heavy atom. The third-order valence-electron chi connectivity index (χ3n) is 6.91. The quantitative estimate of drug-likeness (QED) is 0.300. The highest BCUT2D eigenvalue weighted by molar-refractivity contribution is 7.90. The first-order chi connectivity index (χ1) is 19.3. The van der Waals surface area contributed by atoms with Crippen LogP contribution in [0.4, 0.5) is 11.6 Å². The van der Waals surface area contributed by atoms with E-state index in [2.05, 4.69) is 47.6 Å². The van der Waals surface area contributed by atoms with E-state index < -0.39 is 16.1 Å². The highest BCUT2D eigenvalue weighted by Crippen LogP contribution is 2.31. The van der Waals surface area contributed by atoms with Gasteiger partial charge < -0.3 is 15.7 Å². The Morgan fingerprint density at radius 1 is 1.07 bits per heavy atom. The first-order valence-corrected chi connectivity index (χ1v) is 14.7. The lowest BCUT2D eigenvalue weighted by Gasteiger charge is -2.20. The molecule has 6 rings (SSSR count). The largest absolute Gasteiger partial charge is 0.393 e. The van der Waals surface area contributed by atoms with Gasteiger partial charge in [0.25, 0.3) is 10.0 Å². The van der Waals surface area contributed by atoms with Crippen LogP contribution >= 0.6 is 0 Å². The molecule has 1 saturated carbocycles. The molecule has 0 aromatic carbocycles. The molecule has 13 heteroatoms. The van der Waals surface area contributed by atoms with Gasteiger partial charge >= 0.3 is 0 Å². The van der Waals surface area contributed by atoms with Crippen molar-refractivity contribution in [2.45, 2.75) is 49.5 Å². The second kappa shape index (κ2) is 10.8. The SMILES string of the molecule is Cn1cc(C#Cc2cnc(Nc3ccnc(-c4cnn(S(=O)(=O)C5CC5)c4)n3)cc2C2CC(O)CCCN2)cn1. The lowest BCUT2D eigenvalue weighted by molar-refractivity contribution is 0.150. The molecule has 5 heterocycles.